The second-order valence-electron chi connectivity index (χ2n) is 6.98. The summed E-state index contributed by atoms with van der Waals surface area (Å²) in [4.78, 5) is 20.6. The van der Waals surface area contributed by atoms with Crippen molar-refractivity contribution in [2.45, 2.75) is 19.1 Å². The molecule has 29 heavy (non-hydrogen) atoms. The van der Waals surface area contributed by atoms with Gasteiger partial charge in [0.15, 0.2) is 5.60 Å². The Balaban J connectivity index is 1.56. The number of aromatic nitrogens is 1. The third-order valence-electron chi connectivity index (χ3n) is 5.26. The number of amides is 1. The number of para-hydroxylation sites is 1. The van der Waals surface area contributed by atoms with Crippen molar-refractivity contribution in [3.05, 3.63) is 94.7 Å². The quantitative estimate of drug-likeness (QED) is 0.546. The molecule has 1 N–H and O–H groups in total. The Bertz CT molecular complexity index is 1180. The maximum atomic E-state index is 13.5. The molecule has 6 heteroatoms. The van der Waals surface area contributed by atoms with E-state index in [1.807, 2.05) is 60.8 Å². The molecule has 144 valence electrons. The van der Waals surface area contributed by atoms with E-state index in [4.69, 9.17) is 4.42 Å². The SMILES string of the molecule is Cc1oc(-c2cccs2)nc1CN1C(=O)C(O)(c2ccccc2)c2ccccc21. The molecule has 1 unspecified atom stereocenters. The van der Waals surface area contributed by atoms with Crippen LogP contribution in [0.1, 0.15) is 22.6 Å². The summed E-state index contributed by atoms with van der Waals surface area (Å²) in [6, 6.07) is 20.3. The number of rotatable bonds is 4. The normalized spacial score (nSPS) is 18.3. The molecule has 1 amide bonds. The minimum atomic E-state index is -1.72. The third kappa shape index (κ3) is 2.72. The molecule has 0 saturated heterocycles. The molecule has 2 aromatic heterocycles. The lowest BCUT2D eigenvalue weighted by molar-refractivity contribution is -0.132. The van der Waals surface area contributed by atoms with Crippen LogP contribution in [0.4, 0.5) is 5.69 Å². The van der Waals surface area contributed by atoms with Crippen molar-refractivity contribution in [2.24, 2.45) is 0 Å². The minimum absolute atomic E-state index is 0.228. The number of benzene rings is 2. The van der Waals surface area contributed by atoms with E-state index in [1.54, 1.807) is 34.4 Å². The predicted octanol–water partition coefficient (Wildman–Crippen LogP) is 4.49. The van der Waals surface area contributed by atoms with Crippen LogP contribution in [0.5, 0.6) is 0 Å². The van der Waals surface area contributed by atoms with Crippen LogP contribution in [-0.4, -0.2) is 16.0 Å². The summed E-state index contributed by atoms with van der Waals surface area (Å²) in [5, 5.41) is 13.5. The monoisotopic (exact) mass is 402 g/mol. The minimum Gasteiger partial charge on any atom is -0.440 e. The fraction of sp³-hybridized carbons (Fsp3) is 0.130. The summed E-state index contributed by atoms with van der Waals surface area (Å²) >= 11 is 1.55. The molecule has 0 fully saturated rings. The highest BCUT2D eigenvalue weighted by atomic mass is 32.1. The van der Waals surface area contributed by atoms with E-state index in [-0.39, 0.29) is 12.5 Å². The fourth-order valence-electron chi connectivity index (χ4n) is 3.78. The average molecular weight is 402 g/mol. The van der Waals surface area contributed by atoms with Gasteiger partial charge in [-0.2, -0.15) is 0 Å². The molecule has 0 saturated carbocycles. The molecule has 1 atom stereocenters. The number of aryl methyl sites for hydroxylation is 1. The lowest BCUT2D eigenvalue weighted by Gasteiger charge is -2.23. The fourth-order valence-corrected chi connectivity index (χ4v) is 4.43. The summed E-state index contributed by atoms with van der Waals surface area (Å²) in [6.07, 6.45) is 0. The van der Waals surface area contributed by atoms with Crippen LogP contribution in [-0.2, 0) is 16.9 Å². The van der Waals surface area contributed by atoms with E-state index >= 15 is 0 Å². The van der Waals surface area contributed by atoms with Gasteiger partial charge in [0.2, 0.25) is 5.89 Å². The molecule has 0 radical (unpaired) electrons. The summed E-state index contributed by atoms with van der Waals surface area (Å²) in [6.45, 7) is 2.07. The number of carbonyl (C=O) groups is 1. The Morgan fingerprint density at radius 1 is 1.07 bits per heavy atom. The zero-order chi connectivity index (χ0) is 20.0. The third-order valence-corrected chi connectivity index (χ3v) is 6.12. The smallest absolute Gasteiger partial charge is 0.268 e. The number of nitrogens with zero attached hydrogens (tertiary/aromatic N) is 2. The van der Waals surface area contributed by atoms with E-state index in [0.29, 0.717) is 34.2 Å². The molecule has 3 heterocycles. The first kappa shape index (κ1) is 17.8. The van der Waals surface area contributed by atoms with E-state index in [0.717, 1.165) is 4.88 Å². The van der Waals surface area contributed by atoms with Crippen LogP contribution in [0, 0.1) is 6.92 Å². The van der Waals surface area contributed by atoms with Crippen molar-refractivity contribution in [3.8, 4) is 10.8 Å². The topological polar surface area (TPSA) is 66.6 Å². The summed E-state index contributed by atoms with van der Waals surface area (Å²) in [7, 11) is 0. The Morgan fingerprint density at radius 2 is 1.83 bits per heavy atom. The Hall–Kier alpha value is -3.22. The molecular weight excluding hydrogens is 384 g/mol. The van der Waals surface area contributed by atoms with Gasteiger partial charge < -0.3 is 14.4 Å². The van der Waals surface area contributed by atoms with Crippen molar-refractivity contribution < 1.29 is 14.3 Å². The molecule has 1 aliphatic rings. The van der Waals surface area contributed by atoms with Gasteiger partial charge in [0.05, 0.1) is 17.1 Å². The predicted molar refractivity (Wildman–Crippen MR) is 112 cm³/mol. The van der Waals surface area contributed by atoms with Crippen LogP contribution in [0.15, 0.2) is 76.5 Å². The van der Waals surface area contributed by atoms with E-state index in [2.05, 4.69) is 4.98 Å². The number of oxazole rings is 1. The molecule has 2 aromatic carbocycles. The van der Waals surface area contributed by atoms with Gasteiger partial charge in [0, 0.05) is 5.56 Å². The highest BCUT2D eigenvalue weighted by Crippen LogP contribution is 2.45. The molecule has 5 nitrogen and oxygen atoms in total. The first-order valence-electron chi connectivity index (χ1n) is 9.28. The second-order valence-corrected chi connectivity index (χ2v) is 7.93. The number of hydrogen-bond acceptors (Lipinski definition) is 5. The highest BCUT2D eigenvalue weighted by molar-refractivity contribution is 7.13. The van der Waals surface area contributed by atoms with Gasteiger partial charge in [-0.25, -0.2) is 4.98 Å². The van der Waals surface area contributed by atoms with Gasteiger partial charge in [-0.05, 0) is 30.0 Å². The molecule has 5 rings (SSSR count). The standard InChI is InChI=1S/C23H18N2O3S/c1-15-18(24-21(28-15)20-12-7-13-29-20)14-25-19-11-6-5-10-17(19)23(27,22(25)26)16-8-3-2-4-9-16/h2-13,27H,14H2,1H3. The van der Waals surface area contributed by atoms with Crippen molar-refractivity contribution in [1.82, 2.24) is 4.98 Å². The van der Waals surface area contributed by atoms with Gasteiger partial charge in [0.25, 0.3) is 5.91 Å². The summed E-state index contributed by atoms with van der Waals surface area (Å²) < 4.78 is 5.83. The van der Waals surface area contributed by atoms with Gasteiger partial charge in [-0.3, -0.25) is 4.79 Å². The second kappa shape index (κ2) is 6.69. The summed E-state index contributed by atoms with van der Waals surface area (Å²) in [5.41, 5.74) is 0.774. The number of thiophene rings is 1. The lowest BCUT2D eigenvalue weighted by Crippen LogP contribution is -2.41. The first-order chi connectivity index (χ1) is 14.1. The Kier molecular flexibility index (Phi) is 4.12. The van der Waals surface area contributed by atoms with E-state index < -0.39 is 5.60 Å². The van der Waals surface area contributed by atoms with Crippen molar-refractivity contribution >= 4 is 22.9 Å². The first-order valence-corrected chi connectivity index (χ1v) is 10.2. The maximum Gasteiger partial charge on any atom is 0.268 e. The van der Waals surface area contributed by atoms with Gasteiger partial charge in [-0.1, -0.05) is 54.6 Å². The number of fused-ring (bicyclic) bond motifs is 1. The van der Waals surface area contributed by atoms with E-state index in [1.165, 1.54) is 0 Å². The van der Waals surface area contributed by atoms with Gasteiger partial charge in [-0.15, -0.1) is 11.3 Å². The Morgan fingerprint density at radius 3 is 2.59 bits per heavy atom. The molecule has 0 spiro atoms. The average Bonchev–Trinajstić information content (AvgIpc) is 3.45. The highest BCUT2D eigenvalue weighted by Gasteiger charge is 2.51. The van der Waals surface area contributed by atoms with Crippen LogP contribution in [0.2, 0.25) is 0 Å². The zero-order valence-corrected chi connectivity index (χ0v) is 16.5. The molecular formula is C23H18N2O3S. The summed E-state index contributed by atoms with van der Waals surface area (Å²) in [5.74, 6) is 0.824. The lowest BCUT2D eigenvalue weighted by atomic mass is 9.88. The van der Waals surface area contributed by atoms with Crippen LogP contribution in [0.25, 0.3) is 10.8 Å². The van der Waals surface area contributed by atoms with Crippen molar-refractivity contribution in [2.75, 3.05) is 4.90 Å². The molecule has 4 aromatic rings. The van der Waals surface area contributed by atoms with Crippen molar-refractivity contribution in [3.63, 3.8) is 0 Å². The number of anilines is 1. The maximum absolute atomic E-state index is 13.5. The molecule has 0 aliphatic carbocycles. The van der Waals surface area contributed by atoms with Crippen LogP contribution < -0.4 is 4.90 Å². The van der Waals surface area contributed by atoms with Crippen LogP contribution in [0.3, 0.4) is 0 Å². The van der Waals surface area contributed by atoms with Crippen molar-refractivity contribution in [1.29, 1.82) is 0 Å². The number of aliphatic hydroxyl groups is 1. The van der Waals surface area contributed by atoms with Gasteiger partial charge >= 0.3 is 0 Å². The van der Waals surface area contributed by atoms with E-state index in [9.17, 15) is 9.90 Å². The van der Waals surface area contributed by atoms with Gasteiger partial charge in [0.1, 0.15) is 11.5 Å². The number of carbonyl (C=O) groups excluding carboxylic acids is 1. The van der Waals surface area contributed by atoms with Crippen LogP contribution >= 0.6 is 11.3 Å². The largest absolute Gasteiger partial charge is 0.440 e. The Labute approximate surface area is 171 Å². The zero-order valence-electron chi connectivity index (χ0n) is 15.7. The number of hydrogen-bond donors (Lipinski definition) is 1. The molecule has 1 aliphatic heterocycles. The molecule has 0 bridgehead atoms.